The van der Waals surface area contributed by atoms with Gasteiger partial charge in [-0.25, -0.2) is 0 Å². The number of aromatic nitrogens is 2. The molecule has 0 radical (unpaired) electrons. The highest BCUT2D eigenvalue weighted by atomic mass is 16.2. The van der Waals surface area contributed by atoms with Crippen molar-refractivity contribution in [1.29, 1.82) is 0 Å². The fourth-order valence-corrected chi connectivity index (χ4v) is 3.46. The Morgan fingerprint density at radius 2 is 1.65 bits per heavy atom. The minimum atomic E-state index is -0.211. The Balaban J connectivity index is 1.60. The number of amides is 2. The Morgan fingerprint density at radius 3 is 2.26 bits per heavy atom. The summed E-state index contributed by atoms with van der Waals surface area (Å²) in [4.78, 5) is 26.9. The van der Waals surface area contributed by atoms with Crippen LogP contribution in [0.2, 0.25) is 0 Å². The zero-order valence-corrected chi connectivity index (χ0v) is 18.3. The van der Waals surface area contributed by atoms with Gasteiger partial charge < -0.3 is 10.2 Å². The molecule has 1 heterocycles. The van der Waals surface area contributed by atoms with Gasteiger partial charge in [-0.15, -0.1) is 0 Å². The first kappa shape index (κ1) is 20.8. The Bertz CT molecular complexity index is 1080. The number of rotatable bonds is 7. The second-order valence-electron chi connectivity index (χ2n) is 8.44. The van der Waals surface area contributed by atoms with Crippen LogP contribution in [-0.2, 0) is 11.3 Å². The maximum Gasteiger partial charge on any atom is 0.257 e. The van der Waals surface area contributed by atoms with Crippen molar-refractivity contribution in [3.8, 4) is 11.3 Å². The molecule has 2 amide bonds. The molecule has 0 saturated heterocycles. The van der Waals surface area contributed by atoms with Gasteiger partial charge in [-0.1, -0.05) is 59.7 Å². The Hall–Kier alpha value is -3.41. The number of nitrogens with one attached hydrogen (secondary N) is 1. The van der Waals surface area contributed by atoms with Crippen LogP contribution in [0.1, 0.15) is 39.9 Å². The molecule has 6 nitrogen and oxygen atoms in total. The van der Waals surface area contributed by atoms with E-state index in [9.17, 15) is 9.59 Å². The number of likely N-dealkylation sites (N-methyl/N-ethyl adjacent to an activating group) is 1. The lowest BCUT2D eigenvalue weighted by atomic mass is 10.1. The smallest absolute Gasteiger partial charge is 0.257 e. The van der Waals surface area contributed by atoms with E-state index in [0.29, 0.717) is 17.8 Å². The molecular formula is C25H28N4O2. The largest absolute Gasteiger partial charge is 0.352 e. The van der Waals surface area contributed by atoms with E-state index in [1.54, 1.807) is 17.9 Å². The van der Waals surface area contributed by atoms with E-state index >= 15 is 0 Å². The minimum Gasteiger partial charge on any atom is -0.352 e. The summed E-state index contributed by atoms with van der Waals surface area (Å²) < 4.78 is 1.80. The van der Waals surface area contributed by atoms with Crippen LogP contribution in [0.25, 0.3) is 11.3 Å². The summed E-state index contributed by atoms with van der Waals surface area (Å²) in [6.45, 7) is 4.68. The molecule has 1 aliphatic rings. The molecule has 1 aliphatic carbocycles. The molecule has 2 aromatic carbocycles. The summed E-state index contributed by atoms with van der Waals surface area (Å²) in [6, 6.07) is 16.5. The summed E-state index contributed by atoms with van der Waals surface area (Å²) in [5, 5.41) is 7.67. The van der Waals surface area contributed by atoms with Crippen LogP contribution in [0.5, 0.6) is 0 Å². The Morgan fingerprint density at radius 1 is 1.03 bits per heavy atom. The van der Waals surface area contributed by atoms with E-state index in [4.69, 9.17) is 5.10 Å². The lowest BCUT2D eigenvalue weighted by Gasteiger charge is -2.16. The van der Waals surface area contributed by atoms with Crippen LogP contribution in [0.3, 0.4) is 0 Å². The lowest BCUT2D eigenvalue weighted by Crippen LogP contribution is -2.39. The van der Waals surface area contributed by atoms with E-state index in [-0.39, 0.29) is 24.4 Å². The maximum absolute atomic E-state index is 13.2. The van der Waals surface area contributed by atoms with Crippen LogP contribution in [0, 0.1) is 13.8 Å². The average molecular weight is 417 g/mol. The zero-order chi connectivity index (χ0) is 22.0. The first-order valence-electron chi connectivity index (χ1n) is 10.6. The normalized spacial score (nSPS) is 13.1. The topological polar surface area (TPSA) is 67.2 Å². The number of hydrogen-bond acceptors (Lipinski definition) is 3. The van der Waals surface area contributed by atoms with Crippen molar-refractivity contribution in [1.82, 2.24) is 20.0 Å². The number of benzene rings is 2. The third-order valence-electron chi connectivity index (χ3n) is 5.45. The van der Waals surface area contributed by atoms with Gasteiger partial charge in [0, 0.05) is 24.8 Å². The van der Waals surface area contributed by atoms with Crippen molar-refractivity contribution in [2.45, 2.75) is 39.3 Å². The number of hydrogen-bond donors (Lipinski definition) is 1. The molecular weight excluding hydrogens is 388 g/mol. The van der Waals surface area contributed by atoms with Crippen LogP contribution in [0.4, 0.5) is 0 Å². The SMILES string of the molecule is Cc1ccc(Cn2cc(C(=O)N(C)CC(=O)NC3CC3)c(-c3ccc(C)cc3)n2)cc1. The quantitative estimate of drug-likeness (QED) is 0.640. The Labute approximate surface area is 182 Å². The van der Waals surface area contributed by atoms with Gasteiger partial charge in [-0.05, 0) is 32.3 Å². The molecule has 0 unspecified atom stereocenters. The van der Waals surface area contributed by atoms with E-state index in [0.717, 1.165) is 29.5 Å². The molecule has 0 bridgehead atoms. The predicted molar refractivity (Wildman–Crippen MR) is 121 cm³/mol. The van der Waals surface area contributed by atoms with Crippen molar-refractivity contribution in [3.05, 3.63) is 77.0 Å². The third-order valence-corrected chi connectivity index (χ3v) is 5.45. The van der Waals surface area contributed by atoms with Gasteiger partial charge in [0.15, 0.2) is 0 Å². The van der Waals surface area contributed by atoms with E-state index < -0.39 is 0 Å². The van der Waals surface area contributed by atoms with Gasteiger partial charge in [-0.2, -0.15) is 5.10 Å². The summed E-state index contributed by atoms with van der Waals surface area (Å²) in [5.74, 6) is -0.334. The van der Waals surface area contributed by atoms with Gasteiger partial charge in [0.05, 0.1) is 18.7 Å². The fraction of sp³-hybridized carbons (Fsp3) is 0.320. The van der Waals surface area contributed by atoms with Crippen LogP contribution in [0.15, 0.2) is 54.7 Å². The lowest BCUT2D eigenvalue weighted by molar-refractivity contribution is -0.121. The van der Waals surface area contributed by atoms with E-state index in [1.165, 1.54) is 10.5 Å². The van der Waals surface area contributed by atoms with Crippen molar-refractivity contribution in [3.63, 3.8) is 0 Å². The van der Waals surface area contributed by atoms with Crippen molar-refractivity contribution >= 4 is 11.8 Å². The van der Waals surface area contributed by atoms with Crippen molar-refractivity contribution < 1.29 is 9.59 Å². The predicted octanol–water partition coefficient (Wildman–Crippen LogP) is 3.57. The highest BCUT2D eigenvalue weighted by Crippen LogP contribution is 2.24. The zero-order valence-electron chi connectivity index (χ0n) is 18.3. The second kappa shape index (κ2) is 8.76. The van der Waals surface area contributed by atoms with Crippen molar-refractivity contribution in [2.75, 3.05) is 13.6 Å². The highest BCUT2D eigenvalue weighted by Gasteiger charge is 2.26. The van der Waals surface area contributed by atoms with E-state index in [2.05, 4.69) is 36.5 Å². The molecule has 1 N–H and O–H groups in total. The van der Waals surface area contributed by atoms with Crippen LogP contribution >= 0.6 is 0 Å². The van der Waals surface area contributed by atoms with Gasteiger partial charge in [0.2, 0.25) is 5.91 Å². The second-order valence-corrected chi connectivity index (χ2v) is 8.44. The van der Waals surface area contributed by atoms with Crippen LogP contribution < -0.4 is 5.32 Å². The molecule has 4 rings (SSSR count). The number of carbonyl (C=O) groups is 2. The van der Waals surface area contributed by atoms with Gasteiger partial charge in [0.25, 0.3) is 5.91 Å². The van der Waals surface area contributed by atoms with Gasteiger partial charge >= 0.3 is 0 Å². The van der Waals surface area contributed by atoms with Gasteiger partial charge in [-0.3, -0.25) is 14.3 Å². The molecule has 3 aromatic rings. The highest BCUT2D eigenvalue weighted by molar-refractivity contribution is 6.01. The summed E-state index contributed by atoms with van der Waals surface area (Å²) >= 11 is 0. The number of carbonyl (C=O) groups excluding carboxylic acids is 2. The number of aryl methyl sites for hydroxylation is 2. The summed E-state index contributed by atoms with van der Waals surface area (Å²) in [5.41, 5.74) is 5.47. The first-order valence-corrected chi connectivity index (χ1v) is 10.6. The standard InChI is InChI=1S/C25H28N4O2/c1-17-4-8-19(9-5-17)14-29-15-22(24(27-29)20-10-6-18(2)7-11-20)25(31)28(3)16-23(30)26-21-12-13-21/h4-11,15,21H,12-14,16H2,1-3H3,(H,26,30). The summed E-state index contributed by atoms with van der Waals surface area (Å²) in [7, 11) is 1.66. The molecule has 1 saturated carbocycles. The Kier molecular flexibility index (Phi) is 5.89. The van der Waals surface area contributed by atoms with Crippen molar-refractivity contribution in [2.24, 2.45) is 0 Å². The fourth-order valence-electron chi connectivity index (χ4n) is 3.46. The van der Waals surface area contributed by atoms with Gasteiger partial charge in [0.1, 0.15) is 5.69 Å². The molecule has 160 valence electrons. The molecule has 31 heavy (non-hydrogen) atoms. The molecule has 1 aromatic heterocycles. The molecule has 0 aliphatic heterocycles. The summed E-state index contributed by atoms with van der Waals surface area (Å²) in [6.07, 6.45) is 3.83. The minimum absolute atomic E-state index is 0.0335. The molecule has 0 spiro atoms. The molecule has 1 fully saturated rings. The average Bonchev–Trinajstić information content (AvgIpc) is 3.46. The third kappa shape index (κ3) is 5.20. The molecule has 0 atom stereocenters. The monoisotopic (exact) mass is 416 g/mol. The first-order chi connectivity index (χ1) is 14.9. The van der Waals surface area contributed by atoms with Crippen LogP contribution in [-0.4, -0.2) is 46.1 Å². The van der Waals surface area contributed by atoms with E-state index in [1.807, 2.05) is 31.2 Å². The number of nitrogens with zero attached hydrogens (tertiary/aromatic N) is 3. The molecule has 6 heteroatoms. The maximum atomic E-state index is 13.2.